The van der Waals surface area contributed by atoms with Crippen LogP contribution in [0.15, 0.2) is 35.9 Å². The smallest absolute Gasteiger partial charge is 0.317 e. The van der Waals surface area contributed by atoms with Gasteiger partial charge < -0.3 is 104 Å². The molecule has 0 spiro atoms. The van der Waals surface area contributed by atoms with Crippen LogP contribution in [0.4, 0.5) is 4.39 Å². The van der Waals surface area contributed by atoms with E-state index in [4.69, 9.17) is 37.9 Å². The summed E-state index contributed by atoms with van der Waals surface area (Å²) in [6.07, 6.45) is -18.9. The van der Waals surface area contributed by atoms with Crippen molar-refractivity contribution in [2.45, 2.75) is 287 Å². The summed E-state index contributed by atoms with van der Waals surface area (Å²) in [5.74, 6) is -2.56. The summed E-state index contributed by atoms with van der Waals surface area (Å²) in [6, 6.07) is 6.53. The van der Waals surface area contributed by atoms with E-state index in [0.29, 0.717) is 57.9 Å². The molecule has 24 heteroatoms. The van der Waals surface area contributed by atoms with Gasteiger partial charge in [0.05, 0.1) is 36.4 Å². The van der Waals surface area contributed by atoms with Gasteiger partial charge in [0.25, 0.3) is 5.91 Å². The number of halogens is 1. The van der Waals surface area contributed by atoms with Gasteiger partial charge in [-0.25, -0.2) is 4.39 Å². The summed E-state index contributed by atoms with van der Waals surface area (Å²) in [5.41, 5.74) is -2.50. The molecule has 9 aliphatic rings. The van der Waals surface area contributed by atoms with E-state index in [2.05, 4.69) is 46.0 Å². The number of esters is 1. The minimum atomic E-state index is -1.91. The number of hydrogen-bond acceptors (Lipinski definition) is 22. The second kappa shape index (κ2) is 27.4. The van der Waals surface area contributed by atoms with Gasteiger partial charge >= 0.3 is 5.97 Å². The van der Waals surface area contributed by atoms with E-state index in [1.54, 1.807) is 12.1 Å². The highest BCUT2D eigenvalue weighted by molar-refractivity contribution is 5.82. The van der Waals surface area contributed by atoms with E-state index in [9.17, 15) is 70.2 Å². The summed E-state index contributed by atoms with van der Waals surface area (Å²) >= 11 is 0. The number of benzene rings is 1. The minimum Gasteiger partial charge on any atom is -0.432 e. The Morgan fingerprint density at radius 1 is 0.637 bits per heavy atom. The van der Waals surface area contributed by atoms with Crippen molar-refractivity contribution < 1.29 is 113 Å². The number of carbonyl (C=O) groups is 3. The first-order valence-electron chi connectivity index (χ1n) is 33.3. The standard InChI is InChI=1S/C67H102FNO22/c1-33-44(73)47(76)55(90-58-52(81)49(78)53(34(2)86-58)88-57-50(79)45(74)39(71)31-84-57)60(85-33)91-61(83)67-27-26-62(3,4)29-38(67)37-20-21-41-63(5)24-23-43(64(6,32-70)40(63)22-25-65(41,7)66(37,8)30-42(67)72)87-59-51(80)46(75)48(77)54(89-59)56(82)69-28-14-12-10-9-11-13-15-35-16-18-36(68)19-17-35/h16-20,32-34,38-55,57-60,71-81H,9-15,21-31H2,1-8H3,(H,69,82)/t33?,34?,38?,39-,40-,41?,42?,43+,44+,45+,46+,47+,48+,49-,50?,51?,52?,53+,54?,55?,57+,58+,59-,60+,63?,64-,65+,66-,67-/m1/s1. The lowest BCUT2D eigenvalue weighted by atomic mass is 9.33. The van der Waals surface area contributed by atoms with Crippen molar-refractivity contribution in [1.82, 2.24) is 5.32 Å². The monoisotopic (exact) mass is 1290 g/mol. The molecule has 514 valence electrons. The number of aryl methyl sites for hydroxylation is 1. The number of aliphatic hydroxyl groups is 11. The lowest BCUT2D eigenvalue weighted by molar-refractivity contribution is -0.373. The third-order valence-corrected chi connectivity index (χ3v) is 24.0. The van der Waals surface area contributed by atoms with Gasteiger partial charge in [-0.3, -0.25) is 9.59 Å². The Labute approximate surface area is 532 Å². The molecule has 23 nitrogen and oxygen atoms in total. The number of rotatable bonds is 19. The summed E-state index contributed by atoms with van der Waals surface area (Å²) < 4.78 is 61.5. The topological polar surface area (TPSA) is 360 Å². The van der Waals surface area contributed by atoms with E-state index in [0.717, 1.165) is 55.9 Å². The maximum Gasteiger partial charge on any atom is 0.317 e. The van der Waals surface area contributed by atoms with Crippen LogP contribution in [-0.4, -0.2) is 216 Å². The predicted octanol–water partition coefficient (Wildman–Crippen LogP) is 2.66. The second-order valence-corrected chi connectivity index (χ2v) is 30.0. The molecule has 4 aliphatic heterocycles. The first-order valence-corrected chi connectivity index (χ1v) is 33.3. The fourth-order valence-corrected chi connectivity index (χ4v) is 18.2. The van der Waals surface area contributed by atoms with Crippen molar-refractivity contribution in [2.24, 2.45) is 50.2 Å². The van der Waals surface area contributed by atoms with Crippen LogP contribution in [0.25, 0.3) is 0 Å². The molecule has 1 aromatic rings. The molecule has 11 unspecified atom stereocenters. The van der Waals surface area contributed by atoms with Crippen molar-refractivity contribution >= 4 is 18.2 Å². The van der Waals surface area contributed by atoms with E-state index in [-0.39, 0.29) is 35.9 Å². The average Bonchev–Trinajstić information content (AvgIpc) is 0.673. The maximum absolute atomic E-state index is 15.5. The van der Waals surface area contributed by atoms with Crippen molar-refractivity contribution in [2.75, 3.05) is 13.2 Å². The number of amides is 1. The van der Waals surface area contributed by atoms with E-state index in [1.165, 1.54) is 26.0 Å². The number of hydrogen-bond donors (Lipinski definition) is 12. The van der Waals surface area contributed by atoms with Crippen LogP contribution < -0.4 is 5.32 Å². The molecule has 5 aliphatic carbocycles. The van der Waals surface area contributed by atoms with Gasteiger partial charge in [0.1, 0.15) is 84.7 Å². The van der Waals surface area contributed by atoms with Gasteiger partial charge in [0.2, 0.25) is 6.29 Å². The lowest BCUT2D eigenvalue weighted by Gasteiger charge is -2.71. The van der Waals surface area contributed by atoms with Gasteiger partial charge in [-0.2, -0.15) is 0 Å². The molecule has 1 amide bonds. The van der Waals surface area contributed by atoms with Crippen LogP contribution in [0.3, 0.4) is 0 Å². The zero-order valence-electron chi connectivity index (χ0n) is 53.8. The molecule has 12 N–H and O–H groups in total. The Hall–Kier alpha value is -3.22. The van der Waals surface area contributed by atoms with Gasteiger partial charge in [-0.1, -0.05) is 91.0 Å². The molecule has 0 bridgehead atoms. The summed E-state index contributed by atoms with van der Waals surface area (Å²) in [6.45, 7) is 15.7. The number of allylic oxidation sites excluding steroid dienone is 2. The molecule has 1 aromatic carbocycles. The number of unbranched alkanes of at least 4 members (excludes halogenated alkanes) is 5. The molecular weight excluding hydrogens is 1190 g/mol. The Kier molecular flexibility index (Phi) is 21.2. The Bertz CT molecular complexity index is 2730. The molecule has 91 heavy (non-hydrogen) atoms. The van der Waals surface area contributed by atoms with Crippen LogP contribution in [0.5, 0.6) is 0 Å². The summed E-state index contributed by atoms with van der Waals surface area (Å²) in [7, 11) is 0. The molecule has 4 heterocycles. The van der Waals surface area contributed by atoms with Crippen molar-refractivity contribution in [1.29, 1.82) is 0 Å². The third kappa shape index (κ3) is 12.9. The molecule has 0 radical (unpaired) electrons. The SMILES string of the molecule is CC1O[C@@H](OC(=O)[C@]23CCC(C)(C)CC2C2=CCC4C5(C)CC[C@H](O[C@@H]6OC(C(=O)NCCCCCCCCc7ccc(F)cc7)[C@@H](O)[C@H](O)C6O)[C@](C)(C=O)[C@@H]5CC[C@]4(C)[C@]2(C)CC3O)C(O[C@@H]2OC(C)[C@H](O[C@@H]3OC[C@@H](O)[C@H](O)C3O)[C@H](O)C2O)[C@@H](O)[C@H]1O. The zero-order valence-corrected chi connectivity index (χ0v) is 53.8. The van der Waals surface area contributed by atoms with Crippen molar-refractivity contribution in [3.63, 3.8) is 0 Å². The lowest BCUT2D eigenvalue weighted by Crippen LogP contribution is -2.69. The Balaban J connectivity index is 0.811. The molecule has 4 saturated carbocycles. The fourth-order valence-electron chi connectivity index (χ4n) is 18.2. The predicted molar refractivity (Wildman–Crippen MR) is 319 cm³/mol. The van der Waals surface area contributed by atoms with E-state index in [1.807, 2.05) is 6.92 Å². The molecule has 8 fully saturated rings. The summed E-state index contributed by atoms with van der Waals surface area (Å²) in [5, 5.41) is 126. The van der Waals surface area contributed by atoms with Crippen LogP contribution in [0.1, 0.15) is 157 Å². The quantitative estimate of drug-likeness (QED) is 0.0311. The fraction of sp³-hybridized carbons (Fsp3) is 0.836. The van der Waals surface area contributed by atoms with E-state index >= 15 is 4.79 Å². The number of aliphatic hydroxyl groups excluding tert-OH is 11. The molecule has 29 atom stereocenters. The number of nitrogens with one attached hydrogen (secondary N) is 1. The van der Waals surface area contributed by atoms with E-state index < -0.39 is 180 Å². The molecule has 10 rings (SSSR count). The third-order valence-electron chi connectivity index (χ3n) is 24.0. The molecule has 4 saturated heterocycles. The summed E-state index contributed by atoms with van der Waals surface area (Å²) in [4.78, 5) is 42.9. The van der Waals surface area contributed by atoms with Crippen LogP contribution in [0, 0.1) is 56.1 Å². The normalized spacial score (nSPS) is 47.9. The zero-order chi connectivity index (χ0) is 66.1. The first kappa shape index (κ1) is 70.6. The maximum atomic E-state index is 15.5. The number of aldehydes is 1. The highest BCUT2D eigenvalue weighted by Crippen LogP contribution is 2.76. The number of carbonyl (C=O) groups excluding carboxylic acids is 3. The van der Waals surface area contributed by atoms with Gasteiger partial charge in [-0.15, -0.1) is 0 Å². The Morgan fingerprint density at radius 2 is 1.26 bits per heavy atom. The number of ether oxygens (including phenoxy) is 8. The van der Waals surface area contributed by atoms with Crippen LogP contribution in [-0.2, 0) is 58.7 Å². The largest absolute Gasteiger partial charge is 0.432 e. The molecular formula is C67H102FNO22. The number of fused-ring (bicyclic) bond motifs is 7. The van der Waals surface area contributed by atoms with Crippen molar-refractivity contribution in [3.8, 4) is 0 Å². The second-order valence-electron chi connectivity index (χ2n) is 30.0. The van der Waals surface area contributed by atoms with Gasteiger partial charge in [-0.05, 0) is 148 Å². The van der Waals surface area contributed by atoms with Crippen LogP contribution >= 0.6 is 0 Å². The highest BCUT2D eigenvalue weighted by Gasteiger charge is 2.73. The Morgan fingerprint density at radius 3 is 1.97 bits per heavy atom. The highest BCUT2D eigenvalue weighted by atomic mass is 19.1. The van der Waals surface area contributed by atoms with Crippen LogP contribution in [0.2, 0.25) is 0 Å². The van der Waals surface area contributed by atoms with Crippen molar-refractivity contribution in [3.05, 3.63) is 47.3 Å². The first-order chi connectivity index (χ1) is 42.9. The minimum absolute atomic E-state index is 0.0390. The van der Waals surface area contributed by atoms with Gasteiger partial charge in [0, 0.05) is 6.54 Å². The average molecular weight is 1290 g/mol. The molecule has 0 aromatic heterocycles. The van der Waals surface area contributed by atoms with Gasteiger partial charge in [0.15, 0.2) is 31.1 Å².